The second-order valence-corrected chi connectivity index (χ2v) is 4.50. The van der Waals surface area contributed by atoms with Crippen LogP contribution < -0.4 is 4.90 Å². The number of phenols is 2. The Kier molecular flexibility index (Phi) is 3.06. The maximum Gasteiger partial charge on any atom is 0.283 e. The van der Waals surface area contributed by atoms with Gasteiger partial charge in [-0.3, -0.25) is 4.55 Å². The summed E-state index contributed by atoms with van der Waals surface area (Å²) in [6.45, 7) is 0. The van der Waals surface area contributed by atoms with Crippen molar-refractivity contribution in [1.82, 2.24) is 0 Å². The van der Waals surface area contributed by atoms with Crippen LogP contribution in [0.3, 0.4) is 0 Å². The number of anilines is 1. The quantitative estimate of drug-likeness (QED) is 0.515. The zero-order valence-electron chi connectivity index (χ0n) is 7.95. The number of hydrogen-bond donors (Lipinski definition) is 3. The van der Waals surface area contributed by atoms with E-state index in [4.69, 9.17) is 14.8 Å². The van der Waals surface area contributed by atoms with Crippen molar-refractivity contribution in [2.45, 2.75) is 0 Å². The van der Waals surface area contributed by atoms with Gasteiger partial charge in [0.25, 0.3) is 10.1 Å². The number of aromatic hydroxyl groups is 2. The van der Waals surface area contributed by atoms with Gasteiger partial charge in [-0.1, -0.05) is 0 Å². The number of hydrogen-bond acceptors (Lipinski definition) is 5. The van der Waals surface area contributed by atoms with E-state index in [1.165, 1.54) is 30.1 Å². The molecule has 0 atom stereocenters. The van der Waals surface area contributed by atoms with Crippen LogP contribution in [0.15, 0.2) is 18.2 Å². The lowest BCUT2D eigenvalue weighted by Gasteiger charge is -2.17. The van der Waals surface area contributed by atoms with Crippen LogP contribution in [0.25, 0.3) is 0 Å². The van der Waals surface area contributed by atoms with Gasteiger partial charge in [0.1, 0.15) is 5.88 Å². The Labute approximate surface area is 87.1 Å². The summed E-state index contributed by atoms with van der Waals surface area (Å²) in [5.74, 6) is -1.23. The fraction of sp³-hybridized carbons (Fsp3) is 0.250. The molecule has 0 radical (unpaired) electrons. The van der Waals surface area contributed by atoms with E-state index in [2.05, 4.69) is 0 Å². The minimum Gasteiger partial charge on any atom is -0.504 e. The molecule has 0 bridgehead atoms. The lowest BCUT2D eigenvalue weighted by atomic mass is 10.2. The van der Waals surface area contributed by atoms with E-state index in [-0.39, 0.29) is 11.5 Å². The summed E-state index contributed by atoms with van der Waals surface area (Å²) in [5.41, 5.74) is 0.364. The van der Waals surface area contributed by atoms with Gasteiger partial charge in [0, 0.05) is 18.8 Å². The van der Waals surface area contributed by atoms with Crippen molar-refractivity contribution >= 4 is 15.8 Å². The van der Waals surface area contributed by atoms with Crippen LogP contribution in [-0.2, 0) is 10.1 Å². The van der Waals surface area contributed by atoms with Gasteiger partial charge in [0.2, 0.25) is 0 Å². The number of benzene rings is 1. The van der Waals surface area contributed by atoms with Crippen LogP contribution in [0, 0.1) is 0 Å². The minimum absolute atomic E-state index is 0.293. The largest absolute Gasteiger partial charge is 0.504 e. The molecule has 1 aromatic carbocycles. The molecular weight excluding hydrogens is 222 g/mol. The predicted molar refractivity (Wildman–Crippen MR) is 54.6 cm³/mol. The predicted octanol–water partition coefficient (Wildman–Crippen LogP) is 0.379. The zero-order chi connectivity index (χ0) is 11.6. The molecule has 84 valence electrons. The molecule has 0 unspecified atom stereocenters. The zero-order valence-corrected chi connectivity index (χ0v) is 8.77. The monoisotopic (exact) mass is 233 g/mol. The van der Waals surface area contributed by atoms with Gasteiger partial charge in [-0.05, 0) is 12.1 Å². The van der Waals surface area contributed by atoms with Gasteiger partial charge < -0.3 is 15.1 Å². The molecule has 0 saturated carbocycles. The molecule has 1 aromatic rings. The first-order valence-corrected chi connectivity index (χ1v) is 5.59. The molecule has 0 amide bonds. The van der Waals surface area contributed by atoms with Crippen molar-refractivity contribution < 1.29 is 23.2 Å². The molecule has 0 fully saturated rings. The summed E-state index contributed by atoms with van der Waals surface area (Å²) >= 11 is 0. The third-order valence-electron chi connectivity index (χ3n) is 1.76. The highest BCUT2D eigenvalue weighted by molar-refractivity contribution is 7.85. The Balaban J connectivity index is 2.92. The van der Waals surface area contributed by atoms with Gasteiger partial charge in [0.15, 0.2) is 11.5 Å². The summed E-state index contributed by atoms with van der Waals surface area (Å²) in [4.78, 5) is 1.22. The van der Waals surface area contributed by atoms with Crippen LogP contribution in [0.5, 0.6) is 11.5 Å². The van der Waals surface area contributed by atoms with Gasteiger partial charge in [-0.2, -0.15) is 8.42 Å². The Hall–Kier alpha value is -1.47. The second kappa shape index (κ2) is 3.95. The summed E-state index contributed by atoms with van der Waals surface area (Å²) in [6, 6.07) is 3.84. The standard InChI is InChI=1S/C8H11NO5S/c1-9(5-15(12,13)14)6-2-3-7(10)8(11)4-6/h2-4,10-11H,5H2,1H3,(H,12,13,14). The van der Waals surface area contributed by atoms with E-state index >= 15 is 0 Å². The molecule has 0 aromatic heterocycles. The lowest BCUT2D eigenvalue weighted by molar-refractivity contribution is 0.404. The molecule has 1 rings (SSSR count). The highest BCUT2D eigenvalue weighted by atomic mass is 32.2. The highest BCUT2D eigenvalue weighted by Crippen LogP contribution is 2.28. The highest BCUT2D eigenvalue weighted by Gasteiger charge is 2.11. The van der Waals surface area contributed by atoms with Crippen molar-refractivity contribution in [3.8, 4) is 11.5 Å². The van der Waals surface area contributed by atoms with E-state index in [9.17, 15) is 8.42 Å². The average Bonchev–Trinajstić information content (AvgIpc) is 2.06. The second-order valence-electron chi connectivity index (χ2n) is 3.08. The van der Waals surface area contributed by atoms with Gasteiger partial charge in [0.05, 0.1) is 0 Å². The number of phenolic OH excluding ortho intramolecular Hbond substituents is 2. The van der Waals surface area contributed by atoms with E-state index in [0.717, 1.165) is 0 Å². The Morgan fingerprint density at radius 3 is 2.33 bits per heavy atom. The van der Waals surface area contributed by atoms with Crippen LogP contribution in [0.4, 0.5) is 5.69 Å². The van der Waals surface area contributed by atoms with Gasteiger partial charge >= 0.3 is 0 Å². The molecule has 0 aliphatic rings. The lowest BCUT2D eigenvalue weighted by Crippen LogP contribution is -2.24. The molecule has 6 nitrogen and oxygen atoms in total. The average molecular weight is 233 g/mol. The summed E-state index contributed by atoms with van der Waals surface area (Å²) in [5, 5.41) is 18.2. The van der Waals surface area contributed by atoms with Crippen LogP contribution >= 0.6 is 0 Å². The number of nitrogens with zero attached hydrogens (tertiary/aromatic N) is 1. The van der Waals surface area contributed by atoms with Crippen LogP contribution in [-0.4, -0.2) is 36.1 Å². The third-order valence-corrected chi connectivity index (χ3v) is 2.47. The Morgan fingerprint density at radius 1 is 1.27 bits per heavy atom. The minimum atomic E-state index is -4.11. The topological polar surface area (TPSA) is 98.1 Å². The van der Waals surface area contributed by atoms with E-state index in [0.29, 0.717) is 5.69 Å². The van der Waals surface area contributed by atoms with Gasteiger partial charge in [-0.25, -0.2) is 0 Å². The molecular formula is C8H11NO5S. The molecule has 0 heterocycles. The maximum atomic E-state index is 10.6. The maximum absolute atomic E-state index is 10.6. The van der Waals surface area contributed by atoms with Crippen molar-refractivity contribution in [3.05, 3.63) is 18.2 Å². The fourth-order valence-electron chi connectivity index (χ4n) is 1.07. The number of rotatable bonds is 3. The first-order chi connectivity index (χ1) is 6.79. The molecule has 0 aliphatic carbocycles. The molecule has 15 heavy (non-hydrogen) atoms. The van der Waals surface area contributed by atoms with E-state index in [1.807, 2.05) is 0 Å². The van der Waals surface area contributed by atoms with Crippen LogP contribution in [0.2, 0.25) is 0 Å². The first-order valence-electron chi connectivity index (χ1n) is 3.98. The summed E-state index contributed by atoms with van der Waals surface area (Å²) in [6.07, 6.45) is 0. The van der Waals surface area contributed by atoms with E-state index in [1.54, 1.807) is 0 Å². The van der Waals surface area contributed by atoms with Crippen molar-refractivity contribution in [2.24, 2.45) is 0 Å². The first kappa shape index (κ1) is 11.6. The molecule has 3 N–H and O–H groups in total. The fourth-order valence-corrected chi connectivity index (χ4v) is 1.71. The van der Waals surface area contributed by atoms with Crippen molar-refractivity contribution in [3.63, 3.8) is 0 Å². The molecule has 0 saturated heterocycles. The molecule has 0 aliphatic heterocycles. The Morgan fingerprint density at radius 2 is 1.87 bits per heavy atom. The summed E-state index contributed by atoms with van der Waals surface area (Å²) < 4.78 is 29.7. The molecule has 0 spiro atoms. The van der Waals surface area contributed by atoms with Gasteiger partial charge in [-0.15, -0.1) is 0 Å². The van der Waals surface area contributed by atoms with Crippen molar-refractivity contribution in [1.29, 1.82) is 0 Å². The third kappa shape index (κ3) is 3.30. The Bertz CT molecular complexity index is 456. The van der Waals surface area contributed by atoms with Crippen LogP contribution in [0.1, 0.15) is 0 Å². The van der Waals surface area contributed by atoms with E-state index < -0.39 is 16.0 Å². The molecule has 7 heteroatoms. The van der Waals surface area contributed by atoms with Crippen molar-refractivity contribution in [2.75, 3.05) is 17.8 Å². The smallest absolute Gasteiger partial charge is 0.283 e. The summed E-state index contributed by atoms with van der Waals surface area (Å²) in [7, 11) is -2.68. The SMILES string of the molecule is CN(CS(=O)(=O)O)c1ccc(O)c(O)c1. The normalized spacial score (nSPS) is 11.3.